The van der Waals surface area contributed by atoms with Crippen molar-refractivity contribution in [2.75, 3.05) is 31.7 Å². The van der Waals surface area contributed by atoms with Gasteiger partial charge in [0, 0.05) is 12.2 Å². The van der Waals surface area contributed by atoms with Crippen molar-refractivity contribution in [3.05, 3.63) is 48.0 Å². The second-order valence-corrected chi connectivity index (χ2v) is 6.09. The summed E-state index contributed by atoms with van der Waals surface area (Å²) >= 11 is 0. The highest BCUT2D eigenvalue weighted by Gasteiger charge is 2.08. The number of carbonyl (C=O) groups excluding carboxylic acids is 2. The summed E-state index contributed by atoms with van der Waals surface area (Å²) in [7, 11) is 0. The average molecular weight is 416 g/mol. The maximum absolute atomic E-state index is 12.1. The minimum atomic E-state index is -0.766. The first-order valence-electron chi connectivity index (χ1n) is 9.93. The van der Waals surface area contributed by atoms with Gasteiger partial charge in [0.05, 0.1) is 19.8 Å². The number of hydrogen-bond donors (Lipinski definition) is 2. The Morgan fingerprint density at radius 2 is 1.57 bits per heavy atom. The number of benzene rings is 2. The van der Waals surface area contributed by atoms with Crippen LogP contribution in [0, 0.1) is 0 Å². The van der Waals surface area contributed by atoms with Gasteiger partial charge >= 0.3 is 12.2 Å². The van der Waals surface area contributed by atoms with Gasteiger partial charge in [-0.05, 0) is 69.2 Å². The summed E-state index contributed by atoms with van der Waals surface area (Å²) in [5.74, 6) is 1.75. The van der Waals surface area contributed by atoms with Crippen LogP contribution in [-0.4, -0.2) is 38.6 Å². The van der Waals surface area contributed by atoms with Crippen LogP contribution in [0.3, 0.4) is 0 Å². The average Bonchev–Trinajstić information content (AvgIpc) is 2.72. The smallest absolute Gasteiger partial charge is 0.490 e. The second kappa shape index (κ2) is 12.2. The molecule has 0 radical (unpaired) electrons. The fourth-order valence-electron chi connectivity index (χ4n) is 2.60. The number of rotatable bonds is 10. The van der Waals surface area contributed by atoms with Gasteiger partial charge in [-0.25, -0.2) is 9.59 Å². The Morgan fingerprint density at radius 3 is 2.23 bits per heavy atom. The minimum absolute atomic E-state index is 0.238. The number of nitrogens with one attached hydrogen (secondary N) is 2. The summed E-state index contributed by atoms with van der Waals surface area (Å²) in [6.45, 7) is 7.35. The molecular weight excluding hydrogens is 388 g/mol. The van der Waals surface area contributed by atoms with Crippen LogP contribution >= 0.6 is 0 Å². The van der Waals surface area contributed by atoms with Crippen molar-refractivity contribution in [3.8, 4) is 17.2 Å². The molecule has 0 aliphatic carbocycles. The predicted molar refractivity (Wildman–Crippen MR) is 114 cm³/mol. The van der Waals surface area contributed by atoms with Crippen LogP contribution in [-0.2, 0) is 11.2 Å². The molecular formula is C22H28N2O6. The fourth-order valence-corrected chi connectivity index (χ4v) is 2.60. The second-order valence-electron chi connectivity index (χ2n) is 6.09. The van der Waals surface area contributed by atoms with E-state index in [0.717, 1.165) is 5.56 Å². The van der Waals surface area contributed by atoms with E-state index in [1.54, 1.807) is 31.2 Å². The van der Waals surface area contributed by atoms with E-state index in [1.807, 2.05) is 32.0 Å². The van der Waals surface area contributed by atoms with Crippen LogP contribution in [0.15, 0.2) is 42.5 Å². The Balaban J connectivity index is 1.80. The van der Waals surface area contributed by atoms with Gasteiger partial charge in [-0.3, -0.25) is 0 Å². The Kier molecular flexibility index (Phi) is 9.30. The molecule has 8 nitrogen and oxygen atoms in total. The maximum atomic E-state index is 12.1. The number of ether oxygens (including phenoxy) is 4. The molecule has 0 spiro atoms. The van der Waals surface area contributed by atoms with Crippen LogP contribution < -0.4 is 24.8 Å². The zero-order valence-corrected chi connectivity index (χ0v) is 17.5. The number of urea groups is 1. The van der Waals surface area contributed by atoms with Gasteiger partial charge in [0.25, 0.3) is 0 Å². The molecule has 0 saturated carbocycles. The Labute approximate surface area is 176 Å². The molecule has 8 heteroatoms. The molecule has 0 saturated heterocycles. The number of carbonyl (C=O) groups is 2. The lowest BCUT2D eigenvalue weighted by molar-refractivity contribution is 0.104. The summed E-state index contributed by atoms with van der Waals surface area (Å²) in [5.41, 5.74) is 1.60. The lowest BCUT2D eigenvalue weighted by Crippen LogP contribution is -2.30. The van der Waals surface area contributed by atoms with Crippen LogP contribution in [0.1, 0.15) is 26.3 Å². The molecule has 0 aliphatic rings. The third kappa shape index (κ3) is 7.54. The van der Waals surface area contributed by atoms with E-state index in [0.29, 0.717) is 49.1 Å². The van der Waals surface area contributed by atoms with E-state index in [9.17, 15) is 9.59 Å². The van der Waals surface area contributed by atoms with Crippen LogP contribution in [0.5, 0.6) is 17.2 Å². The quantitative estimate of drug-likeness (QED) is 0.441. The Bertz CT molecular complexity index is 823. The van der Waals surface area contributed by atoms with Crippen LogP contribution in [0.25, 0.3) is 0 Å². The highest BCUT2D eigenvalue weighted by Crippen LogP contribution is 2.28. The van der Waals surface area contributed by atoms with E-state index in [2.05, 4.69) is 10.6 Å². The molecule has 2 rings (SSSR count). The minimum Gasteiger partial charge on any atom is -0.490 e. The maximum Gasteiger partial charge on any atom is 0.513 e. The molecule has 0 unspecified atom stereocenters. The topological polar surface area (TPSA) is 95.1 Å². The summed E-state index contributed by atoms with van der Waals surface area (Å²) < 4.78 is 20.9. The molecule has 0 atom stereocenters. The first-order valence-corrected chi connectivity index (χ1v) is 9.93. The molecule has 0 aliphatic heterocycles. The normalized spacial score (nSPS) is 10.1. The molecule has 0 fully saturated rings. The van der Waals surface area contributed by atoms with E-state index in [4.69, 9.17) is 18.9 Å². The molecule has 162 valence electrons. The Morgan fingerprint density at radius 1 is 0.867 bits per heavy atom. The number of hydrogen-bond acceptors (Lipinski definition) is 6. The van der Waals surface area contributed by atoms with Crippen molar-refractivity contribution < 1.29 is 28.5 Å². The molecule has 0 aromatic heterocycles. The van der Waals surface area contributed by atoms with Gasteiger partial charge < -0.3 is 29.6 Å². The summed E-state index contributed by atoms with van der Waals surface area (Å²) in [5, 5.41) is 5.53. The van der Waals surface area contributed by atoms with E-state index in [1.165, 1.54) is 0 Å². The molecule has 30 heavy (non-hydrogen) atoms. The Hall–Kier alpha value is -3.42. The van der Waals surface area contributed by atoms with E-state index < -0.39 is 6.16 Å². The molecule has 0 bridgehead atoms. The largest absolute Gasteiger partial charge is 0.513 e. The first-order chi connectivity index (χ1) is 14.5. The van der Waals surface area contributed by atoms with Crippen LogP contribution in [0.4, 0.5) is 15.3 Å². The monoisotopic (exact) mass is 416 g/mol. The zero-order valence-electron chi connectivity index (χ0n) is 17.5. The third-order valence-corrected chi connectivity index (χ3v) is 3.88. The van der Waals surface area contributed by atoms with Crippen molar-refractivity contribution in [2.45, 2.75) is 27.2 Å². The molecule has 2 amide bonds. The zero-order chi connectivity index (χ0) is 21.8. The predicted octanol–water partition coefficient (Wildman–Crippen LogP) is 4.38. The van der Waals surface area contributed by atoms with Gasteiger partial charge in [0.15, 0.2) is 11.5 Å². The van der Waals surface area contributed by atoms with Gasteiger partial charge in [-0.2, -0.15) is 0 Å². The lowest BCUT2D eigenvalue weighted by atomic mass is 10.1. The molecule has 2 N–H and O–H groups in total. The van der Waals surface area contributed by atoms with Crippen molar-refractivity contribution >= 4 is 17.9 Å². The molecule has 2 aromatic rings. The van der Waals surface area contributed by atoms with Crippen molar-refractivity contribution in [3.63, 3.8) is 0 Å². The number of anilines is 1. The fraction of sp³-hybridized carbons (Fsp3) is 0.364. The lowest BCUT2D eigenvalue weighted by Gasteiger charge is -2.13. The van der Waals surface area contributed by atoms with Gasteiger partial charge in [0.1, 0.15) is 5.75 Å². The van der Waals surface area contributed by atoms with Crippen molar-refractivity contribution in [2.24, 2.45) is 0 Å². The van der Waals surface area contributed by atoms with Gasteiger partial charge in [0.2, 0.25) is 0 Å². The highest BCUT2D eigenvalue weighted by molar-refractivity contribution is 5.89. The summed E-state index contributed by atoms with van der Waals surface area (Å²) in [4.78, 5) is 23.4. The van der Waals surface area contributed by atoms with E-state index in [-0.39, 0.29) is 12.6 Å². The van der Waals surface area contributed by atoms with Crippen LogP contribution in [0.2, 0.25) is 0 Å². The molecule has 2 aromatic carbocycles. The van der Waals surface area contributed by atoms with E-state index >= 15 is 0 Å². The SMILES string of the molecule is CCOC(=O)Oc1ccc(NC(=O)NCCc2ccc(OCC)c(OCC)c2)cc1. The first kappa shape index (κ1) is 22.9. The van der Waals surface area contributed by atoms with Gasteiger partial charge in [-0.15, -0.1) is 0 Å². The summed E-state index contributed by atoms with van der Waals surface area (Å²) in [6, 6.07) is 11.8. The molecule has 0 heterocycles. The standard InChI is InChI=1S/C22H28N2O6/c1-4-27-19-12-7-16(15-20(19)28-5-2)13-14-23-21(25)24-17-8-10-18(11-9-17)30-22(26)29-6-3/h7-12,15H,4-6,13-14H2,1-3H3,(H2,23,24,25). The van der Waals surface area contributed by atoms with Gasteiger partial charge in [-0.1, -0.05) is 6.07 Å². The summed E-state index contributed by atoms with van der Waals surface area (Å²) in [6.07, 6.45) is -0.121. The van der Waals surface area contributed by atoms with Crippen molar-refractivity contribution in [1.29, 1.82) is 0 Å². The third-order valence-electron chi connectivity index (χ3n) is 3.88. The van der Waals surface area contributed by atoms with Crippen molar-refractivity contribution in [1.82, 2.24) is 5.32 Å². The number of amides is 2. The highest BCUT2D eigenvalue weighted by atomic mass is 16.7.